The second-order valence-electron chi connectivity index (χ2n) is 8.82. The molecule has 4 heteroatoms. The van der Waals surface area contributed by atoms with Gasteiger partial charge in [-0.25, -0.2) is 13.5 Å². The third-order valence-corrected chi connectivity index (χ3v) is 6.65. The van der Waals surface area contributed by atoms with Crippen molar-refractivity contribution in [1.82, 2.24) is 4.57 Å². The first-order valence-corrected chi connectivity index (χ1v) is 11.3. The Kier molecular flexibility index (Phi) is 4.63. The predicted molar refractivity (Wildman–Crippen MR) is 135 cm³/mol. The number of hydrogen-bond donors (Lipinski definition) is 0. The lowest BCUT2D eigenvalue weighted by atomic mass is 9.98. The highest BCUT2D eigenvalue weighted by Gasteiger charge is 2.25. The van der Waals surface area contributed by atoms with Crippen LogP contribution in [0.25, 0.3) is 55.6 Å². The van der Waals surface area contributed by atoms with E-state index in [1.807, 2.05) is 75.0 Å². The molecule has 0 radical (unpaired) electrons. The molecule has 2 heterocycles. The van der Waals surface area contributed by atoms with Gasteiger partial charge < -0.3 is 4.42 Å². The fourth-order valence-corrected chi connectivity index (χ4v) is 4.93. The Morgan fingerprint density at radius 1 is 0.735 bits per heavy atom. The molecule has 3 nitrogen and oxygen atoms in total. The first kappa shape index (κ1) is 20.4. The molecule has 4 aromatic carbocycles. The molecular formula is C30H24FN2O+. The molecule has 0 unspecified atom stereocenters. The maximum absolute atomic E-state index is 15.3. The van der Waals surface area contributed by atoms with E-state index < -0.39 is 0 Å². The van der Waals surface area contributed by atoms with Gasteiger partial charge in [-0.1, -0.05) is 66.7 Å². The van der Waals surface area contributed by atoms with Gasteiger partial charge in [0.2, 0.25) is 0 Å². The summed E-state index contributed by atoms with van der Waals surface area (Å²) < 4.78 is 25.9. The summed E-state index contributed by atoms with van der Waals surface area (Å²) in [5.74, 6) is 0.748. The van der Waals surface area contributed by atoms with Crippen LogP contribution in [0.1, 0.15) is 5.56 Å². The number of nitrogens with zero attached hydrogens (tertiary/aromatic N) is 2. The Morgan fingerprint density at radius 3 is 2.03 bits per heavy atom. The number of aromatic nitrogens is 2. The van der Waals surface area contributed by atoms with E-state index in [1.54, 1.807) is 6.07 Å². The summed E-state index contributed by atoms with van der Waals surface area (Å²) in [5, 5.41) is 1.90. The van der Waals surface area contributed by atoms with Crippen LogP contribution in [0.3, 0.4) is 0 Å². The summed E-state index contributed by atoms with van der Waals surface area (Å²) in [7, 11) is 4.05. The number of hydrogen-bond acceptors (Lipinski definition) is 1. The van der Waals surface area contributed by atoms with Gasteiger partial charge in [-0.2, -0.15) is 0 Å². The summed E-state index contributed by atoms with van der Waals surface area (Å²) in [6.07, 6.45) is 4.05. The Bertz CT molecular complexity index is 1660. The van der Waals surface area contributed by atoms with Gasteiger partial charge in [0.25, 0.3) is 5.82 Å². The van der Waals surface area contributed by atoms with Crippen LogP contribution in [0.2, 0.25) is 0 Å². The van der Waals surface area contributed by atoms with Crippen LogP contribution in [-0.4, -0.2) is 4.57 Å². The average Bonchev–Trinajstić information content (AvgIpc) is 3.39. The Labute approximate surface area is 197 Å². The van der Waals surface area contributed by atoms with Gasteiger partial charge in [0.05, 0.1) is 19.7 Å². The molecule has 6 rings (SSSR count). The largest absolute Gasteiger partial charge is 0.454 e. The maximum atomic E-state index is 15.3. The second-order valence-corrected chi connectivity index (χ2v) is 8.82. The molecule has 166 valence electrons. The zero-order valence-electron chi connectivity index (χ0n) is 19.3. The smallest absolute Gasteiger partial charge is 0.292 e. The lowest BCUT2D eigenvalue weighted by Crippen LogP contribution is -2.29. The fraction of sp³-hybridized carbons (Fsp3) is 0.100. The highest BCUT2D eigenvalue weighted by atomic mass is 19.1. The topological polar surface area (TPSA) is 21.9 Å². The van der Waals surface area contributed by atoms with Crippen LogP contribution in [0.5, 0.6) is 0 Å². The number of benzene rings is 4. The van der Waals surface area contributed by atoms with Crippen LogP contribution in [0.15, 0.2) is 95.7 Å². The molecule has 0 aliphatic rings. The molecule has 0 saturated heterocycles. The fourth-order valence-electron chi connectivity index (χ4n) is 4.93. The van der Waals surface area contributed by atoms with Crippen LogP contribution in [0.4, 0.5) is 4.39 Å². The number of imidazole rings is 1. The molecule has 0 N–H and O–H groups in total. The minimum atomic E-state index is -0.290. The minimum Gasteiger partial charge on any atom is -0.454 e. The van der Waals surface area contributed by atoms with E-state index in [9.17, 15) is 0 Å². The van der Waals surface area contributed by atoms with Crippen molar-refractivity contribution in [3.05, 3.63) is 103 Å². The van der Waals surface area contributed by atoms with E-state index in [0.717, 1.165) is 50.0 Å². The van der Waals surface area contributed by atoms with Crippen molar-refractivity contribution in [2.24, 2.45) is 14.1 Å². The molecule has 6 aromatic rings. The third kappa shape index (κ3) is 3.06. The van der Waals surface area contributed by atoms with Crippen molar-refractivity contribution in [2.75, 3.05) is 0 Å². The van der Waals surface area contributed by atoms with Crippen LogP contribution < -0.4 is 4.57 Å². The van der Waals surface area contributed by atoms with E-state index in [2.05, 4.69) is 40.3 Å². The number of furan rings is 1. The minimum absolute atomic E-state index is 0.290. The molecule has 0 fully saturated rings. The monoisotopic (exact) mass is 447 g/mol. The second kappa shape index (κ2) is 7.70. The molecule has 2 aromatic heterocycles. The van der Waals surface area contributed by atoms with Gasteiger partial charge in [-0.05, 0) is 41.3 Å². The highest BCUT2D eigenvalue weighted by Crippen LogP contribution is 2.41. The summed E-state index contributed by atoms with van der Waals surface area (Å²) in [6.45, 7) is 2.08. The normalized spacial score (nSPS) is 11.5. The van der Waals surface area contributed by atoms with Crippen LogP contribution in [0, 0.1) is 12.7 Å². The SMILES string of the molecule is Cc1ccc2c(oc3c(-c4ccc(-c5ccccc5)cc4)c(F)ccc32)c1-c1n(C)cc[n+]1C. The molecule has 34 heavy (non-hydrogen) atoms. The summed E-state index contributed by atoms with van der Waals surface area (Å²) in [6, 6.07) is 25.7. The standard InChI is InChI=1S/C30H24FN2O/c1-19-9-14-23-24-15-16-25(31)27(22-12-10-21(11-13-22)20-7-5-4-6-8-20)29(24)34-28(23)26(19)30-32(2)17-18-33(30)3/h4-18H,1-3H3/q+1. The van der Waals surface area contributed by atoms with Crippen molar-refractivity contribution in [3.8, 4) is 33.6 Å². The molecule has 0 aliphatic heterocycles. The number of rotatable bonds is 3. The lowest BCUT2D eigenvalue weighted by Gasteiger charge is -2.07. The van der Waals surface area contributed by atoms with Gasteiger partial charge in [0, 0.05) is 10.8 Å². The van der Waals surface area contributed by atoms with Crippen molar-refractivity contribution in [2.45, 2.75) is 6.92 Å². The van der Waals surface area contributed by atoms with E-state index in [4.69, 9.17) is 4.42 Å². The Balaban J connectivity index is 1.59. The molecule has 0 saturated carbocycles. The zero-order chi connectivity index (χ0) is 23.4. The first-order valence-electron chi connectivity index (χ1n) is 11.3. The van der Waals surface area contributed by atoms with Gasteiger partial charge in [0.15, 0.2) is 5.58 Å². The summed E-state index contributed by atoms with van der Waals surface area (Å²) >= 11 is 0. The van der Waals surface area contributed by atoms with Gasteiger partial charge >= 0.3 is 0 Å². The first-order chi connectivity index (χ1) is 16.5. The van der Waals surface area contributed by atoms with Crippen LogP contribution in [-0.2, 0) is 14.1 Å². The van der Waals surface area contributed by atoms with E-state index in [0.29, 0.717) is 11.1 Å². The van der Waals surface area contributed by atoms with Gasteiger partial charge in [0.1, 0.15) is 29.4 Å². The van der Waals surface area contributed by atoms with Gasteiger partial charge in [-0.3, -0.25) is 0 Å². The quantitative estimate of drug-likeness (QED) is 0.263. The van der Waals surface area contributed by atoms with Crippen molar-refractivity contribution in [3.63, 3.8) is 0 Å². The molecule has 0 amide bonds. The summed E-state index contributed by atoms with van der Waals surface area (Å²) in [5.41, 5.74) is 7.00. The molecule has 0 atom stereocenters. The Hall–Kier alpha value is -4.18. The summed E-state index contributed by atoms with van der Waals surface area (Å²) in [4.78, 5) is 0. The number of halogens is 1. The molecule has 0 bridgehead atoms. The van der Waals surface area contributed by atoms with Crippen molar-refractivity contribution in [1.29, 1.82) is 0 Å². The number of fused-ring (bicyclic) bond motifs is 3. The zero-order valence-corrected chi connectivity index (χ0v) is 19.3. The van der Waals surface area contributed by atoms with E-state index in [-0.39, 0.29) is 5.82 Å². The average molecular weight is 448 g/mol. The number of aryl methyl sites for hydroxylation is 3. The van der Waals surface area contributed by atoms with Crippen LogP contribution >= 0.6 is 0 Å². The maximum Gasteiger partial charge on any atom is 0.292 e. The van der Waals surface area contributed by atoms with E-state index in [1.165, 1.54) is 0 Å². The van der Waals surface area contributed by atoms with Crippen molar-refractivity contribution < 1.29 is 13.4 Å². The van der Waals surface area contributed by atoms with Crippen molar-refractivity contribution >= 4 is 21.9 Å². The Morgan fingerprint density at radius 2 is 1.35 bits per heavy atom. The van der Waals surface area contributed by atoms with Gasteiger partial charge in [-0.15, -0.1) is 0 Å². The highest BCUT2D eigenvalue weighted by molar-refractivity contribution is 6.13. The predicted octanol–water partition coefficient (Wildman–Crippen LogP) is 7.20. The van der Waals surface area contributed by atoms with E-state index >= 15 is 4.39 Å². The molecular weight excluding hydrogens is 423 g/mol. The molecule has 0 spiro atoms. The third-order valence-electron chi connectivity index (χ3n) is 6.65. The molecule has 0 aliphatic carbocycles. The lowest BCUT2D eigenvalue weighted by molar-refractivity contribution is -0.659.